The van der Waals surface area contributed by atoms with Crippen molar-refractivity contribution in [3.63, 3.8) is 0 Å². The Labute approximate surface area is 351 Å². The van der Waals surface area contributed by atoms with E-state index >= 15 is 0 Å². The van der Waals surface area contributed by atoms with Crippen LogP contribution in [0.3, 0.4) is 0 Å². The minimum atomic E-state index is 0.151. The number of hydrogen-bond acceptors (Lipinski definition) is 3. The molecule has 0 aliphatic heterocycles. The van der Waals surface area contributed by atoms with Gasteiger partial charge < -0.3 is 0 Å². The Morgan fingerprint density at radius 2 is 1.29 bits per heavy atom. The summed E-state index contributed by atoms with van der Waals surface area (Å²) in [7, 11) is 0. The largest absolute Gasteiger partial charge is 0.149 e. The topological polar surface area (TPSA) is 0 Å². The average molecular weight is 795 g/mol. The molecule has 1 atom stereocenters. The summed E-state index contributed by atoms with van der Waals surface area (Å²) < 4.78 is 2.77. The predicted octanol–water partition coefficient (Wildman–Crippen LogP) is 17.3. The molecule has 2 aromatic heterocycles. The summed E-state index contributed by atoms with van der Waals surface area (Å²) in [6.45, 7) is 24.0. The molecule has 1 aliphatic carbocycles. The molecule has 0 nitrogen and oxygen atoms in total. The number of rotatable bonds is 4. The summed E-state index contributed by atoms with van der Waals surface area (Å²) in [6, 6.07) is 41.6. The molecular formula is C53H62S3. The zero-order valence-electron chi connectivity index (χ0n) is 35.8. The first-order valence-electron chi connectivity index (χ1n) is 19.8. The van der Waals surface area contributed by atoms with Crippen molar-refractivity contribution in [2.45, 2.75) is 92.9 Å². The number of benzene rings is 5. The highest BCUT2D eigenvalue weighted by molar-refractivity contribution is 7.98. The fourth-order valence-corrected chi connectivity index (χ4v) is 8.87. The predicted molar refractivity (Wildman–Crippen MR) is 258 cm³/mol. The normalized spacial score (nSPS) is 12.4. The lowest BCUT2D eigenvalue weighted by atomic mass is 9.82. The third-order valence-corrected chi connectivity index (χ3v) is 12.5. The van der Waals surface area contributed by atoms with Crippen LogP contribution in [-0.4, -0.2) is 6.26 Å². The van der Waals surface area contributed by atoms with E-state index in [4.69, 9.17) is 0 Å². The van der Waals surface area contributed by atoms with E-state index in [-0.39, 0.29) is 5.41 Å². The van der Waals surface area contributed by atoms with E-state index < -0.39 is 0 Å². The van der Waals surface area contributed by atoms with Gasteiger partial charge in [0.05, 0.1) is 0 Å². The fraction of sp³-hybridized carbons (Fsp3) is 0.283. The lowest BCUT2D eigenvalue weighted by molar-refractivity contribution is 0.660. The van der Waals surface area contributed by atoms with Gasteiger partial charge in [0.1, 0.15) is 0 Å². The van der Waals surface area contributed by atoms with Gasteiger partial charge in [0, 0.05) is 35.4 Å². The van der Waals surface area contributed by atoms with E-state index in [0.717, 1.165) is 5.92 Å². The first kappa shape index (κ1) is 44.6. The fourth-order valence-electron chi connectivity index (χ4n) is 6.64. The van der Waals surface area contributed by atoms with E-state index in [9.17, 15) is 0 Å². The first-order valence-corrected chi connectivity index (χ1v) is 22.7. The van der Waals surface area contributed by atoms with Crippen molar-refractivity contribution < 1.29 is 0 Å². The Hall–Kier alpha value is -4.15. The highest BCUT2D eigenvalue weighted by Gasteiger charge is 2.34. The molecule has 1 aliphatic rings. The molecule has 1 unspecified atom stereocenters. The van der Waals surface area contributed by atoms with Crippen LogP contribution in [-0.2, 0) is 5.41 Å². The minimum absolute atomic E-state index is 0.151. The van der Waals surface area contributed by atoms with Gasteiger partial charge in [-0.1, -0.05) is 148 Å². The first-order chi connectivity index (χ1) is 26.7. The van der Waals surface area contributed by atoms with Crippen molar-refractivity contribution in [3.8, 4) is 11.1 Å². The lowest BCUT2D eigenvalue weighted by Gasteiger charge is -2.21. The second kappa shape index (κ2) is 21.4. The number of thiophene rings is 2. The summed E-state index contributed by atoms with van der Waals surface area (Å²) in [5, 5.41) is 4.86. The Morgan fingerprint density at radius 3 is 1.91 bits per heavy atom. The molecule has 3 heteroatoms. The second-order valence-corrected chi connectivity index (χ2v) is 18.7. The molecule has 0 saturated carbocycles. The van der Waals surface area contributed by atoms with Gasteiger partial charge >= 0.3 is 0 Å². The highest BCUT2D eigenvalue weighted by atomic mass is 32.2. The third-order valence-electron chi connectivity index (χ3n) is 9.88. The summed E-state index contributed by atoms with van der Waals surface area (Å²) in [5.74, 6) is 0.718. The maximum Gasteiger partial charge on any atom is 0.0355 e. The summed E-state index contributed by atoms with van der Waals surface area (Å²) >= 11 is 5.45. The summed E-state index contributed by atoms with van der Waals surface area (Å²) in [6.07, 6.45) is 9.87. The van der Waals surface area contributed by atoms with Crippen molar-refractivity contribution >= 4 is 54.6 Å². The van der Waals surface area contributed by atoms with Crippen LogP contribution in [0.4, 0.5) is 0 Å². The van der Waals surface area contributed by atoms with Gasteiger partial charge in [-0.05, 0) is 136 Å². The van der Waals surface area contributed by atoms with Gasteiger partial charge in [-0.15, -0.1) is 34.4 Å². The van der Waals surface area contributed by atoms with E-state index in [1.165, 1.54) is 86.4 Å². The van der Waals surface area contributed by atoms with E-state index in [0.29, 0.717) is 0 Å². The molecule has 0 N–H and O–H groups in total. The van der Waals surface area contributed by atoms with E-state index in [1.807, 2.05) is 11.3 Å². The Morgan fingerprint density at radius 1 is 0.661 bits per heavy atom. The maximum atomic E-state index is 2.33. The van der Waals surface area contributed by atoms with Crippen LogP contribution >= 0.6 is 34.4 Å². The Kier molecular flexibility index (Phi) is 17.0. The number of allylic oxidation sites excluding steroid dienone is 4. The number of thioether (sulfide) groups is 1. The third kappa shape index (κ3) is 12.7. The molecule has 7 aromatic rings. The van der Waals surface area contributed by atoms with Crippen LogP contribution in [0, 0.1) is 40.5 Å². The summed E-state index contributed by atoms with van der Waals surface area (Å²) in [4.78, 5) is 2.74. The Balaban J connectivity index is 0.000000161. The van der Waals surface area contributed by atoms with Crippen molar-refractivity contribution in [2.75, 3.05) is 6.26 Å². The zero-order valence-corrected chi connectivity index (χ0v) is 38.2. The SMILES string of the molecule is CCC(C)/C=C\C=C(C)C.CSc1cc(C)cc(C)c1.Cc1ccc2c(c1)C(C)(C)c1ccccc1-2.Cc1ccc2sc3ccccc3c2c1.Cc1cccs1. The van der Waals surface area contributed by atoms with Crippen LogP contribution in [0.2, 0.25) is 0 Å². The zero-order chi connectivity index (χ0) is 40.8. The average Bonchev–Trinajstić information content (AvgIpc) is 3.86. The second-order valence-electron chi connectivity index (χ2n) is 15.6. The van der Waals surface area contributed by atoms with Crippen LogP contribution in [0.1, 0.15) is 86.2 Å². The molecule has 0 spiro atoms. The number of aryl methyl sites for hydroxylation is 5. The molecule has 0 fully saturated rings. The smallest absolute Gasteiger partial charge is 0.0355 e. The highest BCUT2D eigenvalue weighted by Crippen LogP contribution is 2.48. The molecule has 8 rings (SSSR count). The number of fused-ring (bicyclic) bond motifs is 6. The molecule has 0 amide bonds. The molecule has 2 heterocycles. The molecule has 0 saturated heterocycles. The van der Waals surface area contributed by atoms with Crippen molar-refractivity contribution in [1.29, 1.82) is 0 Å². The molecule has 5 aromatic carbocycles. The standard InChI is InChI=1S/C16H16.C13H10S.C10H18.C9H12S.C5H6S/c1-11-8-9-13-12-6-4-5-7-14(12)16(2,3)15(13)10-11;1-9-6-7-13-11(8-9)10-4-2-3-5-12(10)14-13;1-5-10(4)8-6-7-9(2)3;1-7-4-8(2)6-9(5-7)10-3;1-5-3-2-4-6-5/h4-10H,1-3H3;2-8H,1H3;6-8,10H,5H2,1-4H3;4-6H,1-3H3;2-4H,1H3/b;;8-6-;;. The van der Waals surface area contributed by atoms with Crippen molar-refractivity contribution in [2.24, 2.45) is 5.92 Å². The van der Waals surface area contributed by atoms with Crippen LogP contribution in [0.5, 0.6) is 0 Å². The van der Waals surface area contributed by atoms with Gasteiger partial charge in [0.15, 0.2) is 0 Å². The van der Waals surface area contributed by atoms with E-state index in [2.05, 4.69) is 221 Å². The number of hydrogen-bond donors (Lipinski definition) is 0. The van der Waals surface area contributed by atoms with Crippen molar-refractivity contribution in [3.05, 3.63) is 183 Å². The molecule has 0 radical (unpaired) electrons. The maximum absolute atomic E-state index is 2.33. The van der Waals surface area contributed by atoms with Gasteiger partial charge in [-0.3, -0.25) is 0 Å². The van der Waals surface area contributed by atoms with Gasteiger partial charge in [0.2, 0.25) is 0 Å². The summed E-state index contributed by atoms with van der Waals surface area (Å²) in [5.41, 5.74) is 12.6. The van der Waals surface area contributed by atoms with Gasteiger partial charge in [-0.2, -0.15) is 0 Å². The van der Waals surface area contributed by atoms with Crippen LogP contribution in [0.25, 0.3) is 31.3 Å². The van der Waals surface area contributed by atoms with Crippen molar-refractivity contribution in [1.82, 2.24) is 0 Å². The van der Waals surface area contributed by atoms with E-state index in [1.54, 1.807) is 23.1 Å². The van der Waals surface area contributed by atoms with Crippen LogP contribution < -0.4 is 0 Å². The van der Waals surface area contributed by atoms with Gasteiger partial charge in [0.25, 0.3) is 0 Å². The Bertz CT molecular complexity index is 2320. The monoisotopic (exact) mass is 794 g/mol. The minimum Gasteiger partial charge on any atom is -0.149 e. The van der Waals surface area contributed by atoms with Gasteiger partial charge in [-0.25, -0.2) is 0 Å². The molecule has 0 bridgehead atoms. The van der Waals surface area contributed by atoms with Crippen LogP contribution in [0.15, 0.2) is 149 Å². The lowest BCUT2D eigenvalue weighted by Crippen LogP contribution is -2.14. The molecule has 56 heavy (non-hydrogen) atoms. The quantitative estimate of drug-likeness (QED) is 0.126. The molecular weight excluding hydrogens is 733 g/mol. The molecule has 292 valence electrons.